The van der Waals surface area contributed by atoms with Crippen LogP contribution >= 0.6 is 0 Å². The van der Waals surface area contributed by atoms with Gasteiger partial charge >= 0.3 is 0 Å². The molecule has 7 nitrogen and oxygen atoms in total. The molecule has 1 aliphatic rings. The van der Waals surface area contributed by atoms with Crippen molar-refractivity contribution < 1.29 is 14.3 Å². The predicted octanol–water partition coefficient (Wildman–Crippen LogP) is 2.84. The summed E-state index contributed by atoms with van der Waals surface area (Å²) in [5.74, 6) is -0.0474. The summed E-state index contributed by atoms with van der Waals surface area (Å²) in [5, 5.41) is 0. The minimum atomic E-state index is -0.162. The van der Waals surface area contributed by atoms with Crippen LogP contribution in [0.4, 0.5) is 0 Å². The summed E-state index contributed by atoms with van der Waals surface area (Å²) in [6, 6.07) is 8.35. The lowest BCUT2D eigenvalue weighted by Gasteiger charge is -2.36. The molecule has 1 aromatic heterocycles. The summed E-state index contributed by atoms with van der Waals surface area (Å²) in [4.78, 5) is 35.8. The van der Waals surface area contributed by atoms with Crippen molar-refractivity contribution in [3.05, 3.63) is 59.7 Å². The normalized spacial score (nSPS) is 18.9. The number of aromatic nitrogens is 2. The molecule has 2 heterocycles. The third kappa shape index (κ3) is 5.17. The molecule has 0 saturated carbocycles. The zero-order valence-corrected chi connectivity index (χ0v) is 17.2. The van der Waals surface area contributed by atoms with Crippen LogP contribution in [0.3, 0.4) is 0 Å². The number of hydrogen-bond acceptors (Lipinski definition) is 5. The van der Waals surface area contributed by atoms with E-state index in [4.69, 9.17) is 4.74 Å². The molecule has 1 aromatic carbocycles. The number of benzene rings is 1. The van der Waals surface area contributed by atoms with Gasteiger partial charge in [-0.25, -0.2) is 4.98 Å². The molecule has 2 amide bonds. The van der Waals surface area contributed by atoms with Crippen molar-refractivity contribution >= 4 is 11.8 Å². The van der Waals surface area contributed by atoms with Crippen LogP contribution in [0.15, 0.2) is 42.9 Å². The monoisotopic (exact) mass is 396 g/mol. The Hall–Kier alpha value is -2.80. The highest BCUT2D eigenvalue weighted by Crippen LogP contribution is 2.31. The molecule has 2 atom stereocenters. The summed E-state index contributed by atoms with van der Waals surface area (Å²) in [7, 11) is 1.75. The zero-order valence-electron chi connectivity index (χ0n) is 17.2. The van der Waals surface area contributed by atoms with E-state index in [0.717, 1.165) is 30.5 Å². The van der Waals surface area contributed by atoms with E-state index >= 15 is 0 Å². The van der Waals surface area contributed by atoms with Gasteiger partial charge in [0, 0.05) is 52.1 Å². The van der Waals surface area contributed by atoms with Crippen molar-refractivity contribution in [1.82, 2.24) is 19.8 Å². The molecule has 1 fully saturated rings. The van der Waals surface area contributed by atoms with Crippen LogP contribution in [-0.4, -0.2) is 57.8 Å². The van der Waals surface area contributed by atoms with Crippen LogP contribution in [-0.2, 0) is 16.1 Å². The van der Waals surface area contributed by atoms with Gasteiger partial charge in [-0.15, -0.1) is 0 Å². The van der Waals surface area contributed by atoms with Crippen LogP contribution in [0.5, 0.6) is 0 Å². The van der Waals surface area contributed by atoms with Gasteiger partial charge in [0.2, 0.25) is 5.91 Å². The molecule has 1 saturated heterocycles. The van der Waals surface area contributed by atoms with Crippen molar-refractivity contribution in [3.63, 3.8) is 0 Å². The van der Waals surface area contributed by atoms with Gasteiger partial charge < -0.3 is 14.5 Å². The number of amides is 2. The van der Waals surface area contributed by atoms with Crippen LogP contribution in [0.1, 0.15) is 54.4 Å². The second kappa shape index (κ2) is 9.60. The standard InChI is InChI=1S/C22H28N4O3/c1-4-26(16(2)27)19-9-12-29-21(13-19)18-7-5-17(6-8-18)15-25(3)22(28)20-14-23-10-11-24-20/h5-8,10-11,14,19,21H,4,9,12-13,15H2,1-3H3/t19-,21+/m1/s1. The fourth-order valence-electron chi connectivity index (χ4n) is 3.82. The predicted molar refractivity (Wildman–Crippen MR) is 109 cm³/mol. The number of carbonyl (C=O) groups excluding carboxylic acids is 2. The zero-order chi connectivity index (χ0) is 20.8. The van der Waals surface area contributed by atoms with E-state index in [-0.39, 0.29) is 24.0 Å². The lowest BCUT2D eigenvalue weighted by Crippen LogP contribution is -2.42. The van der Waals surface area contributed by atoms with Gasteiger partial charge in [0.05, 0.1) is 12.3 Å². The van der Waals surface area contributed by atoms with Gasteiger partial charge in [-0.05, 0) is 30.9 Å². The third-order valence-corrected chi connectivity index (χ3v) is 5.34. The third-order valence-electron chi connectivity index (χ3n) is 5.34. The van der Waals surface area contributed by atoms with E-state index in [1.165, 1.54) is 12.4 Å². The van der Waals surface area contributed by atoms with Crippen molar-refractivity contribution in [2.45, 2.75) is 45.4 Å². The van der Waals surface area contributed by atoms with Gasteiger partial charge in [-0.2, -0.15) is 0 Å². The van der Waals surface area contributed by atoms with E-state index in [9.17, 15) is 9.59 Å². The van der Waals surface area contributed by atoms with Gasteiger partial charge in [-0.3, -0.25) is 14.6 Å². The highest BCUT2D eigenvalue weighted by molar-refractivity contribution is 5.91. The average molecular weight is 396 g/mol. The lowest BCUT2D eigenvalue weighted by atomic mass is 9.95. The van der Waals surface area contributed by atoms with Crippen LogP contribution in [0, 0.1) is 0 Å². The van der Waals surface area contributed by atoms with E-state index < -0.39 is 0 Å². The molecule has 1 aliphatic heterocycles. The Bertz CT molecular complexity index is 826. The van der Waals surface area contributed by atoms with Crippen molar-refractivity contribution in [2.24, 2.45) is 0 Å². The number of ether oxygens (including phenoxy) is 1. The van der Waals surface area contributed by atoms with Crippen molar-refractivity contribution in [2.75, 3.05) is 20.2 Å². The molecule has 0 bridgehead atoms. The van der Waals surface area contributed by atoms with Gasteiger partial charge in [-0.1, -0.05) is 24.3 Å². The molecule has 0 spiro atoms. The van der Waals surface area contributed by atoms with E-state index in [1.54, 1.807) is 25.1 Å². The first kappa shape index (κ1) is 20.9. The van der Waals surface area contributed by atoms with Crippen LogP contribution in [0.2, 0.25) is 0 Å². The molecule has 2 aromatic rings. The van der Waals surface area contributed by atoms with Crippen LogP contribution < -0.4 is 0 Å². The second-order valence-corrected chi connectivity index (χ2v) is 7.34. The van der Waals surface area contributed by atoms with Crippen molar-refractivity contribution in [3.8, 4) is 0 Å². The maximum atomic E-state index is 12.4. The smallest absolute Gasteiger partial charge is 0.274 e. The fourth-order valence-corrected chi connectivity index (χ4v) is 3.82. The molecule has 0 aliphatic carbocycles. The second-order valence-electron chi connectivity index (χ2n) is 7.34. The molecule has 0 unspecified atom stereocenters. The molecule has 29 heavy (non-hydrogen) atoms. The Labute approximate surface area is 171 Å². The van der Waals surface area contributed by atoms with E-state index in [0.29, 0.717) is 18.8 Å². The maximum Gasteiger partial charge on any atom is 0.274 e. The molecular formula is C22H28N4O3. The summed E-state index contributed by atoms with van der Waals surface area (Å²) < 4.78 is 5.97. The Morgan fingerprint density at radius 1 is 1.21 bits per heavy atom. The summed E-state index contributed by atoms with van der Waals surface area (Å²) >= 11 is 0. The van der Waals surface area contributed by atoms with Gasteiger partial charge in [0.1, 0.15) is 5.69 Å². The Morgan fingerprint density at radius 2 is 1.97 bits per heavy atom. The molecule has 3 rings (SSSR count). The maximum absolute atomic E-state index is 12.4. The lowest BCUT2D eigenvalue weighted by molar-refractivity contribution is -0.134. The average Bonchev–Trinajstić information content (AvgIpc) is 2.75. The highest BCUT2D eigenvalue weighted by atomic mass is 16.5. The summed E-state index contributed by atoms with van der Waals surface area (Å²) in [5.41, 5.74) is 2.46. The number of rotatable bonds is 6. The van der Waals surface area contributed by atoms with Gasteiger partial charge in [0.15, 0.2) is 0 Å². The first-order valence-electron chi connectivity index (χ1n) is 9.98. The fraction of sp³-hybridized carbons (Fsp3) is 0.455. The Balaban J connectivity index is 1.62. The van der Waals surface area contributed by atoms with Gasteiger partial charge in [0.25, 0.3) is 5.91 Å². The Morgan fingerprint density at radius 3 is 2.59 bits per heavy atom. The number of nitrogens with zero attached hydrogens (tertiary/aromatic N) is 4. The SMILES string of the molecule is CCN(C(C)=O)[C@@H]1CCO[C@H](c2ccc(CN(C)C(=O)c3cnccn3)cc2)C1. The summed E-state index contributed by atoms with van der Waals surface area (Å²) in [6.07, 6.45) is 6.19. The number of hydrogen-bond donors (Lipinski definition) is 0. The minimum absolute atomic E-state index is 0.0184. The molecule has 7 heteroatoms. The quantitative estimate of drug-likeness (QED) is 0.751. The van der Waals surface area contributed by atoms with E-state index in [2.05, 4.69) is 9.97 Å². The van der Waals surface area contributed by atoms with E-state index in [1.807, 2.05) is 36.1 Å². The first-order valence-corrected chi connectivity index (χ1v) is 9.98. The minimum Gasteiger partial charge on any atom is -0.373 e. The van der Waals surface area contributed by atoms with Crippen LogP contribution in [0.25, 0.3) is 0 Å². The topological polar surface area (TPSA) is 75.6 Å². The largest absolute Gasteiger partial charge is 0.373 e. The number of carbonyl (C=O) groups is 2. The Kier molecular flexibility index (Phi) is 6.93. The molecule has 0 radical (unpaired) electrons. The highest BCUT2D eigenvalue weighted by Gasteiger charge is 2.28. The first-order chi connectivity index (χ1) is 14.0. The molecule has 0 N–H and O–H groups in total. The molecule has 154 valence electrons. The summed E-state index contributed by atoms with van der Waals surface area (Å²) in [6.45, 7) is 5.49. The van der Waals surface area contributed by atoms with Crippen molar-refractivity contribution in [1.29, 1.82) is 0 Å². The molecular weight excluding hydrogens is 368 g/mol.